The second-order valence-corrected chi connectivity index (χ2v) is 4.97. The number of nitrogens with zero attached hydrogens (tertiary/aromatic N) is 3. The highest BCUT2D eigenvalue weighted by atomic mass is 35.5. The molecular formula is C12H18ClN3O2. The molecule has 5 nitrogen and oxygen atoms in total. The number of amides is 1. The standard InChI is InChI=1S/C12H18ClN3O2/c1-3-9-10(11(13)15(2)14-9)12(18)16-6-4-8(17)5-7-16/h8,17H,3-7H2,1-2H3. The van der Waals surface area contributed by atoms with Crippen LogP contribution >= 0.6 is 11.6 Å². The average molecular weight is 272 g/mol. The van der Waals surface area contributed by atoms with Gasteiger partial charge in [0.25, 0.3) is 5.91 Å². The van der Waals surface area contributed by atoms with Crippen molar-refractivity contribution in [2.24, 2.45) is 7.05 Å². The molecular weight excluding hydrogens is 254 g/mol. The van der Waals surface area contributed by atoms with E-state index in [0.717, 1.165) is 5.69 Å². The summed E-state index contributed by atoms with van der Waals surface area (Å²) in [5.41, 5.74) is 1.25. The highest BCUT2D eigenvalue weighted by Crippen LogP contribution is 2.23. The highest BCUT2D eigenvalue weighted by molar-refractivity contribution is 6.33. The first-order valence-electron chi connectivity index (χ1n) is 6.23. The molecule has 0 bridgehead atoms. The number of hydrogen-bond acceptors (Lipinski definition) is 3. The summed E-state index contributed by atoms with van der Waals surface area (Å²) in [6.45, 7) is 3.11. The zero-order valence-electron chi connectivity index (χ0n) is 10.7. The Morgan fingerprint density at radius 2 is 2.11 bits per heavy atom. The third-order valence-corrected chi connectivity index (χ3v) is 3.78. The molecule has 1 amide bonds. The first-order valence-corrected chi connectivity index (χ1v) is 6.61. The van der Waals surface area contributed by atoms with Crippen LogP contribution in [0.15, 0.2) is 0 Å². The largest absolute Gasteiger partial charge is 0.393 e. The number of carbonyl (C=O) groups excluding carboxylic acids is 1. The van der Waals surface area contributed by atoms with Crippen molar-refractivity contribution in [3.63, 3.8) is 0 Å². The second-order valence-electron chi connectivity index (χ2n) is 4.61. The summed E-state index contributed by atoms with van der Waals surface area (Å²) in [6, 6.07) is 0. The molecule has 1 saturated heterocycles. The van der Waals surface area contributed by atoms with E-state index in [1.807, 2.05) is 6.92 Å². The third-order valence-electron chi connectivity index (χ3n) is 3.35. The van der Waals surface area contributed by atoms with Gasteiger partial charge in [-0.05, 0) is 19.3 Å². The van der Waals surface area contributed by atoms with E-state index in [1.165, 1.54) is 4.68 Å². The normalized spacial score (nSPS) is 17.2. The fourth-order valence-corrected chi connectivity index (χ4v) is 2.47. The Balaban J connectivity index is 2.23. The topological polar surface area (TPSA) is 58.4 Å². The first-order chi connectivity index (χ1) is 8.54. The smallest absolute Gasteiger partial charge is 0.258 e. The summed E-state index contributed by atoms with van der Waals surface area (Å²) in [6.07, 6.45) is 1.65. The Morgan fingerprint density at radius 1 is 1.50 bits per heavy atom. The van der Waals surface area contributed by atoms with Crippen LogP contribution in [-0.2, 0) is 13.5 Å². The Kier molecular flexibility index (Phi) is 3.92. The van der Waals surface area contributed by atoms with Crippen molar-refractivity contribution < 1.29 is 9.90 Å². The summed E-state index contributed by atoms with van der Waals surface area (Å²) in [4.78, 5) is 14.2. The lowest BCUT2D eigenvalue weighted by Gasteiger charge is -2.29. The molecule has 1 aliphatic rings. The first kappa shape index (κ1) is 13.4. The van der Waals surface area contributed by atoms with Gasteiger partial charge in [-0.1, -0.05) is 18.5 Å². The molecule has 2 rings (SSSR count). The van der Waals surface area contributed by atoms with Crippen molar-refractivity contribution in [1.29, 1.82) is 0 Å². The van der Waals surface area contributed by atoms with Gasteiger partial charge in [-0.15, -0.1) is 0 Å². The van der Waals surface area contributed by atoms with Crippen LogP contribution < -0.4 is 0 Å². The van der Waals surface area contributed by atoms with Gasteiger partial charge < -0.3 is 10.0 Å². The van der Waals surface area contributed by atoms with E-state index >= 15 is 0 Å². The number of aryl methyl sites for hydroxylation is 2. The van der Waals surface area contributed by atoms with E-state index < -0.39 is 0 Å². The van der Waals surface area contributed by atoms with Crippen LogP contribution in [-0.4, -0.2) is 44.9 Å². The second kappa shape index (κ2) is 5.28. The van der Waals surface area contributed by atoms with Gasteiger partial charge in [-0.3, -0.25) is 9.48 Å². The van der Waals surface area contributed by atoms with Crippen LogP contribution in [0.1, 0.15) is 35.8 Å². The van der Waals surface area contributed by atoms with Gasteiger partial charge in [-0.2, -0.15) is 5.10 Å². The van der Waals surface area contributed by atoms with Crippen LogP contribution in [0, 0.1) is 0 Å². The minimum absolute atomic E-state index is 0.0724. The maximum Gasteiger partial charge on any atom is 0.258 e. The highest BCUT2D eigenvalue weighted by Gasteiger charge is 2.27. The number of halogens is 1. The van der Waals surface area contributed by atoms with Crippen LogP contribution in [0.25, 0.3) is 0 Å². The fourth-order valence-electron chi connectivity index (χ4n) is 2.24. The van der Waals surface area contributed by atoms with E-state index in [-0.39, 0.29) is 12.0 Å². The number of piperidine rings is 1. The van der Waals surface area contributed by atoms with Gasteiger partial charge in [-0.25, -0.2) is 0 Å². The maximum atomic E-state index is 12.4. The van der Waals surface area contributed by atoms with Crippen LogP contribution in [0.2, 0.25) is 5.15 Å². The molecule has 6 heteroatoms. The number of likely N-dealkylation sites (tertiary alicyclic amines) is 1. The summed E-state index contributed by atoms with van der Waals surface area (Å²) in [7, 11) is 1.73. The minimum atomic E-state index is -0.288. The molecule has 1 aromatic rings. The molecule has 1 aliphatic heterocycles. The van der Waals surface area contributed by atoms with Gasteiger partial charge >= 0.3 is 0 Å². The molecule has 0 aromatic carbocycles. The van der Waals surface area contributed by atoms with Crippen LogP contribution in [0.3, 0.4) is 0 Å². The zero-order valence-corrected chi connectivity index (χ0v) is 11.4. The Morgan fingerprint density at radius 3 is 2.67 bits per heavy atom. The molecule has 1 N–H and O–H groups in total. The number of aromatic nitrogens is 2. The third kappa shape index (κ3) is 2.37. The average Bonchev–Trinajstić information content (AvgIpc) is 2.65. The summed E-state index contributed by atoms with van der Waals surface area (Å²) < 4.78 is 1.53. The summed E-state index contributed by atoms with van der Waals surface area (Å²) in [5, 5.41) is 14.1. The van der Waals surface area contributed by atoms with E-state index in [2.05, 4.69) is 5.10 Å². The molecule has 0 saturated carbocycles. The monoisotopic (exact) mass is 271 g/mol. The van der Waals surface area contributed by atoms with Gasteiger partial charge in [0.1, 0.15) is 5.15 Å². The predicted molar refractivity (Wildman–Crippen MR) is 68.7 cm³/mol. The number of carbonyl (C=O) groups is 1. The molecule has 1 fully saturated rings. The molecule has 0 aliphatic carbocycles. The van der Waals surface area contributed by atoms with E-state index in [0.29, 0.717) is 43.1 Å². The molecule has 0 unspecified atom stereocenters. The molecule has 100 valence electrons. The van der Waals surface area contributed by atoms with Crippen molar-refractivity contribution in [2.45, 2.75) is 32.3 Å². The summed E-state index contributed by atoms with van der Waals surface area (Å²) in [5.74, 6) is -0.0724. The number of aliphatic hydroxyl groups is 1. The van der Waals surface area contributed by atoms with Crippen LogP contribution in [0.5, 0.6) is 0 Å². The SMILES string of the molecule is CCc1nn(C)c(Cl)c1C(=O)N1CCC(O)CC1. The molecule has 18 heavy (non-hydrogen) atoms. The van der Waals surface area contributed by atoms with Crippen molar-refractivity contribution in [3.05, 3.63) is 16.4 Å². The van der Waals surface area contributed by atoms with Crippen molar-refractivity contribution in [3.8, 4) is 0 Å². The van der Waals surface area contributed by atoms with Crippen molar-refractivity contribution in [2.75, 3.05) is 13.1 Å². The Labute approximate surface area is 111 Å². The number of aliphatic hydroxyl groups excluding tert-OH is 1. The van der Waals surface area contributed by atoms with Gasteiger partial charge in [0, 0.05) is 20.1 Å². The maximum absolute atomic E-state index is 12.4. The minimum Gasteiger partial charge on any atom is -0.393 e. The van der Waals surface area contributed by atoms with Crippen LogP contribution in [0.4, 0.5) is 0 Å². The lowest BCUT2D eigenvalue weighted by atomic mass is 10.1. The van der Waals surface area contributed by atoms with E-state index in [4.69, 9.17) is 11.6 Å². The van der Waals surface area contributed by atoms with Gasteiger partial charge in [0.05, 0.1) is 17.4 Å². The molecule has 0 spiro atoms. The van der Waals surface area contributed by atoms with Gasteiger partial charge in [0.15, 0.2) is 0 Å². The van der Waals surface area contributed by atoms with Crippen molar-refractivity contribution >= 4 is 17.5 Å². The lowest BCUT2D eigenvalue weighted by molar-refractivity contribution is 0.0546. The number of hydrogen-bond donors (Lipinski definition) is 1. The molecule has 2 heterocycles. The molecule has 0 radical (unpaired) electrons. The fraction of sp³-hybridized carbons (Fsp3) is 0.667. The predicted octanol–water partition coefficient (Wildman–Crippen LogP) is 1.23. The quantitative estimate of drug-likeness (QED) is 0.880. The molecule has 1 aromatic heterocycles. The Bertz CT molecular complexity index is 450. The number of rotatable bonds is 2. The summed E-state index contributed by atoms with van der Waals surface area (Å²) >= 11 is 6.14. The lowest BCUT2D eigenvalue weighted by Crippen LogP contribution is -2.40. The molecule has 0 atom stereocenters. The van der Waals surface area contributed by atoms with Gasteiger partial charge in [0.2, 0.25) is 0 Å². The zero-order chi connectivity index (χ0) is 13.3. The Hall–Kier alpha value is -1.07. The van der Waals surface area contributed by atoms with Crippen molar-refractivity contribution in [1.82, 2.24) is 14.7 Å². The van der Waals surface area contributed by atoms with E-state index in [9.17, 15) is 9.90 Å². The van der Waals surface area contributed by atoms with E-state index in [1.54, 1.807) is 11.9 Å².